The van der Waals surface area contributed by atoms with Gasteiger partial charge in [0.2, 0.25) is 0 Å². The van der Waals surface area contributed by atoms with E-state index in [-0.39, 0.29) is 0 Å². The fourth-order valence-electron chi connectivity index (χ4n) is 7.42. The predicted octanol–water partition coefficient (Wildman–Crippen LogP) is 12.9. The molecule has 0 saturated heterocycles. The van der Waals surface area contributed by atoms with E-state index in [1.807, 2.05) is 11.3 Å². The summed E-state index contributed by atoms with van der Waals surface area (Å²) in [6, 6.07) is 61.9. The van der Waals surface area contributed by atoms with Gasteiger partial charge in [0.25, 0.3) is 0 Å². The van der Waals surface area contributed by atoms with Gasteiger partial charge >= 0.3 is 0 Å². The van der Waals surface area contributed by atoms with Crippen LogP contribution >= 0.6 is 11.3 Å². The molecule has 0 bridgehead atoms. The molecule has 10 aromatic rings. The van der Waals surface area contributed by atoms with E-state index in [2.05, 4.69) is 179 Å². The Hall–Kier alpha value is -5.90. The zero-order valence-electron chi connectivity index (χ0n) is 25.5. The molecule has 0 radical (unpaired) electrons. The fraction of sp³-hybridized carbons (Fsp3) is 0. The van der Waals surface area contributed by atoms with Gasteiger partial charge in [0.1, 0.15) is 0 Å². The lowest BCUT2D eigenvalue weighted by Crippen LogP contribution is -2.10. The van der Waals surface area contributed by atoms with Gasteiger partial charge in [-0.15, -0.1) is 11.3 Å². The number of hydrogen-bond donors (Lipinski definition) is 0. The molecular weight excluding hydrogens is 589 g/mol. The molecule has 8 aromatic carbocycles. The maximum atomic E-state index is 2.44. The van der Waals surface area contributed by atoms with Crippen molar-refractivity contribution < 1.29 is 0 Å². The van der Waals surface area contributed by atoms with E-state index in [1.54, 1.807) is 0 Å². The highest BCUT2D eigenvalue weighted by molar-refractivity contribution is 7.26. The number of hydrogen-bond acceptors (Lipinski definition) is 2. The van der Waals surface area contributed by atoms with Gasteiger partial charge in [-0.3, -0.25) is 0 Å². The van der Waals surface area contributed by atoms with Crippen LogP contribution in [-0.2, 0) is 0 Å². The lowest BCUT2D eigenvalue weighted by Gasteiger charge is -2.26. The largest absolute Gasteiger partial charge is 0.309 e. The van der Waals surface area contributed by atoms with Crippen molar-refractivity contribution in [2.45, 2.75) is 0 Å². The molecule has 3 heteroatoms. The molecule has 2 heterocycles. The molecule has 220 valence electrons. The van der Waals surface area contributed by atoms with Crippen molar-refractivity contribution in [1.29, 1.82) is 0 Å². The summed E-state index contributed by atoms with van der Waals surface area (Å²) in [5, 5.41) is 10.2. The van der Waals surface area contributed by atoms with Crippen molar-refractivity contribution in [1.82, 2.24) is 4.57 Å². The molecule has 0 amide bonds. The Labute approximate surface area is 276 Å². The quantitative estimate of drug-likeness (QED) is 0.191. The van der Waals surface area contributed by atoms with E-state index in [1.165, 1.54) is 69.2 Å². The highest BCUT2D eigenvalue weighted by Gasteiger charge is 2.21. The Kier molecular flexibility index (Phi) is 5.78. The third-order valence-electron chi connectivity index (χ3n) is 9.51. The second-order valence-electron chi connectivity index (χ2n) is 12.2. The molecule has 47 heavy (non-hydrogen) atoms. The van der Waals surface area contributed by atoms with Crippen molar-refractivity contribution >= 4 is 91.9 Å². The van der Waals surface area contributed by atoms with Gasteiger partial charge < -0.3 is 9.47 Å². The van der Waals surface area contributed by atoms with Crippen LogP contribution in [0.2, 0.25) is 0 Å². The van der Waals surface area contributed by atoms with E-state index >= 15 is 0 Å². The molecule has 0 aliphatic heterocycles. The minimum absolute atomic E-state index is 1.14. The van der Waals surface area contributed by atoms with Gasteiger partial charge in [-0.05, 0) is 88.3 Å². The summed E-state index contributed by atoms with van der Waals surface area (Å²) < 4.78 is 5.01. The molecule has 0 spiro atoms. The Morgan fingerprint density at radius 2 is 1.11 bits per heavy atom. The molecule has 0 saturated carbocycles. The second kappa shape index (κ2) is 10.3. The number of para-hydroxylation sites is 2. The molecule has 0 N–H and O–H groups in total. The van der Waals surface area contributed by atoms with Crippen LogP contribution in [0.25, 0.3) is 69.2 Å². The summed E-state index contributed by atoms with van der Waals surface area (Å²) in [7, 11) is 0. The summed E-state index contributed by atoms with van der Waals surface area (Å²) in [5.74, 6) is 0. The van der Waals surface area contributed by atoms with Gasteiger partial charge in [-0.1, -0.05) is 103 Å². The SMILES string of the molecule is c1ccc(N(c2ccc3c(c2)c2cc4ccccc4cc2n3-c2ccccc2)c2cccc3c2sc2ccc4ccccc4c23)cc1. The van der Waals surface area contributed by atoms with E-state index in [0.717, 1.165) is 17.1 Å². The van der Waals surface area contributed by atoms with Gasteiger partial charge in [0.15, 0.2) is 0 Å². The normalized spacial score (nSPS) is 11.8. The van der Waals surface area contributed by atoms with Crippen LogP contribution in [0.5, 0.6) is 0 Å². The van der Waals surface area contributed by atoms with Gasteiger partial charge in [0, 0.05) is 43.3 Å². The number of aromatic nitrogens is 1. The molecule has 0 aliphatic rings. The lowest BCUT2D eigenvalue weighted by atomic mass is 10.0. The second-order valence-corrected chi connectivity index (χ2v) is 13.2. The maximum absolute atomic E-state index is 2.44. The summed E-state index contributed by atoms with van der Waals surface area (Å²) in [4.78, 5) is 2.44. The monoisotopic (exact) mass is 616 g/mol. The minimum Gasteiger partial charge on any atom is -0.309 e. The van der Waals surface area contributed by atoms with Crippen LogP contribution in [0.4, 0.5) is 17.1 Å². The first-order valence-corrected chi connectivity index (χ1v) is 16.8. The average Bonchev–Trinajstić information content (AvgIpc) is 3.67. The van der Waals surface area contributed by atoms with Crippen LogP contribution in [0, 0.1) is 0 Å². The first-order valence-electron chi connectivity index (χ1n) is 16.0. The molecule has 2 nitrogen and oxygen atoms in total. The van der Waals surface area contributed by atoms with Crippen molar-refractivity contribution in [3.63, 3.8) is 0 Å². The highest BCUT2D eigenvalue weighted by atomic mass is 32.1. The Bertz CT molecular complexity index is 2790. The fourth-order valence-corrected chi connectivity index (χ4v) is 8.64. The summed E-state index contributed by atoms with van der Waals surface area (Å²) in [6.07, 6.45) is 0. The third-order valence-corrected chi connectivity index (χ3v) is 10.7. The molecule has 0 atom stereocenters. The smallest absolute Gasteiger partial charge is 0.0640 e. The van der Waals surface area contributed by atoms with Crippen LogP contribution in [0.15, 0.2) is 170 Å². The molecular formula is C44H28N2S. The Morgan fingerprint density at radius 1 is 0.426 bits per heavy atom. The molecule has 0 fully saturated rings. The number of anilines is 3. The van der Waals surface area contributed by atoms with Crippen molar-refractivity contribution in [3.8, 4) is 5.69 Å². The zero-order valence-corrected chi connectivity index (χ0v) is 26.3. The number of nitrogens with zero attached hydrogens (tertiary/aromatic N) is 2. The lowest BCUT2D eigenvalue weighted by molar-refractivity contribution is 1.18. The Balaban J connectivity index is 1.27. The van der Waals surface area contributed by atoms with Crippen LogP contribution in [0.1, 0.15) is 0 Å². The first kappa shape index (κ1) is 26.3. The third kappa shape index (κ3) is 4.04. The van der Waals surface area contributed by atoms with Crippen molar-refractivity contribution in [2.75, 3.05) is 4.90 Å². The van der Waals surface area contributed by atoms with E-state index < -0.39 is 0 Å². The Morgan fingerprint density at radius 3 is 1.94 bits per heavy atom. The van der Waals surface area contributed by atoms with Crippen LogP contribution in [-0.4, -0.2) is 4.57 Å². The van der Waals surface area contributed by atoms with Gasteiger partial charge in [-0.2, -0.15) is 0 Å². The number of thiophene rings is 1. The summed E-state index contributed by atoms with van der Waals surface area (Å²) in [6.45, 7) is 0. The topological polar surface area (TPSA) is 8.17 Å². The van der Waals surface area contributed by atoms with Gasteiger partial charge in [-0.25, -0.2) is 0 Å². The van der Waals surface area contributed by atoms with E-state index in [9.17, 15) is 0 Å². The van der Waals surface area contributed by atoms with Crippen molar-refractivity contribution in [2.24, 2.45) is 0 Å². The summed E-state index contributed by atoms with van der Waals surface area (Å²) >= 11 is 1.88. The average molecular weight is 617 g/mol. The molecule has 0 unspecified atom stereocenters. The van der Waals surface area contributed by atoms with Crippen LogP contribution in [0.3, 0.4) is 0 Å². The molecule has 2 aromatic heterocycles. The van der Waals surface area contributed by atoms with Crippen LogP contribution < -0.4 is 4.90 Å². The first-order chi connectivity index (χ1) is 23.3. The summed E-state index contributed by atoms with van der Waals surface area (Å²) in [5.41, 5.74) is 7.04. The van der Waals surface area contributed by atoms with E-state index in [4.69, 9.17) is 0 Å². The standard InChI is InChI=1S/C44H28N2S/c1-3-15-32(16-4-1)45(40-21-11-20-36-43-35-19-10-9-12-29(35)22-25-42(43)47-44(36)40)34-23-24-39-38(28-34)37-26-30-13-7-8-14-31(30)27-41(37)46(39)33-17-5-2-6-18-33/h1-28H. The maximum Gasteiger partial charge on any atom is 0.0640 e. The van der Waals surface area contributed by atoms with Gasteiger partial charge in [0.05, 0.1) is 21.4 Å². The molecule has 0 aliphatic carbocycles. The van der Waals surface area contributed by atoms with Crippen molar-refractivity contribution in [3.05, 3.63) is 170 Å². The highest BCUT2D eigenvalue weighted by Crippen LogP contribution is 2.47. The number of rotatable bonds is 4. The number of fused-ring (bicyclic) bond motifs is 9. The molecule has 10 rings (SSSR count). The predicted molar refractivity (Wildman–Crippen MR) is 203 cm³/mol. The minimum atomic E-state index is 1.14. The zero-order chi connectivity index (χ0) is 30.9. The number of benzene rings is 8. The van der Waals surface area contributed by atoms with E-state index in [0.29, 0.717) is 0 Å².